The van der Waals surface area contributed by atoms with Crippen molar-refractivity contribution in [3.63, 3.8) is 0 Å². The lowest BCUT2D eigenvalue weighted by Crippen LogP contribution is -2.52. The smallest absolute Gasteiger partial charge is 0.251 e. The van der Waals surface area contributed by atoms with Gasteiger partial charge < -0.3 is 15.0 Å². The molecule has 2 fully saturated rings. The lowest BCUT2D eigenvalue weighted by atomic mass is 10.1. The van der Waals surface area contributed by atoms with Crippen LogP contribution in [0, 0.1) is 11.3 Å². The number of ether oxygens (including phenoxy) is 1. The number of nitrogens with one attached hydrogen (secondary N) is 1. The molecule has 7 nitrogen and oxygen atoms in total. The average molecular weight is 417 g/mol. The predicted molar refractivity (Wildman–Crippen MR) is 111 cm³/mol. The van der Waals surface area contributed by atoms with Crippen molar-refractivity contribution in [2.75, 3.05) is 44.6 Å². The molecular formula is C21H28N4O3S. The molecule has 1 atom stereocenters. The quantitative estimate of drug-likeness (QED) is 0.760. The molecule has 1 aliphatic carbocycles. The molecule has 4 rings (SSSR count). The van der Waals surface area contributed by atoms with Crippen LogP contribution < -0.4 is 5.32 Å². The second kappa shape index (κ2) is 9.24. The summed E-state index contributed by atoms with van der Waals surface area (Å²) in [6, 6.07) is 2.31. The maximum Gasteiger partial charge on any atom is 0.251 e. The van der Waals surface area contributed by atoms with Crippen LogP contribution in [0.25, 0.3) is 0 Å². The van der Waals surface area contributed by atoms with E-state index in [1.54, 1.807) is 11.3 Å². The Morgan fingerprint density at radius 2 is 1.93 bits per heavy atom. The predicted octanol–water partition coefficient (Wildman–Crippen LogP) is 2.15. The van der Waals surface area contributed by atoms with Crippen LogP contribution in [-0.2, 0) is 27.2 Å². The number of nitriles is 1. The van der Waals surface area contributed by atoms with Gasteiger partial charge in [0.2, 0.25) is 5.91 Å². The van der Waals surface area contributed by atoms with Crippen molar-refractivity contribution in [2.24, 2.45) is 0 Å². The third kappa shape index (κ3) is 4.63. The molecule has 0 radical (unpaired) electrons. The Hall–Kier alpha value is -1.95. The first-order chi connectivity index (χ1) is 14.2. The van der Waals surface area contributed by atoms with Gasteiger partial charge in [0, 0.05) is 37.7 Å². The van der Waals surface area contributed by atoms with E-state index in [1.807, 2.05) is 4.90 Å². The maximum atomic E-state index is 12.6. The number of hydrogen-bond acceptors (Lipinski definition) is 6. The number of anilines is 1. The summed E-state index contributed by atoms with van der Waals surface area (Å²) in [6.45, 7) is 3.57. The Kier molecular flexibility index (Phi) is 6.48. The molecule has 2 aliphatic heterocycles. The van der Waals surface area contributed by atoms with Crippen molar-refractivity contribution in [3.05, 3.63) is 16.0 Å². The topological polar surface area (TPSA) is 85.7 Å². The zero-order chi connectivity index (χ0) is 20.2. The summed E-state index contributed by atoms with van der Waals surface area (Å²) in [6.07, 6.45) is 6.90. The van der Waals surface area contributed by atoms with Gasteiger partial charge in [-0.3, -0.25) is 14.5 Å². The Morgan fingerprint density at radius 3 is 2.66 bits per heavy atom. The first-order valence-electron chi connectivity index (χ1n) is 10.6. The van der Waals surface area contributed by atoms with E-state index in [-0.39, 0.29) is 24.5 Å². The largest absolute Gasteiger partial charge is 0.368 e. The van der Waals surface area contributed by atoms with E-state index < -0.39 is 0 Å². The number of piperazine rings is 1. The van der Waals surface area contributed by atoms with E-state index in [9.17, 15) is 14.9 Å². The molecular weight excluding hydrogens is 388 g/mol. The van der Waals surface area contributed by atoms with E-state index in [2.05, 4.69) is 16.3 Å². The third-order valence-electron chi connectivity index (χ3n) is 6.04. The summed E-state index contributed by atoms with van der Waals surface area (Å²) in [4.78, 5) is 30.2. The molecule has 3 heterocycles. The van der Waals surface area contributed by atoms with Gasteiger partial charge in [0.1, 0.15) is 17.2 Å². The number of rotatable bonds is 4. The van der Waals surface area contributed by atoms with Crippen LogP contribution in [0.5, 0.6) is 0 Å². The Morgan fingerprint density at radius 1 is 1.14 bits per heavy atom. The van der Waals surface area contributed by atoms with Gasteiger partial charge in [-0.1, -0.05) is 6.42 Å². The highest BCUT2D eigenvalue weighted by molar-refractivity contribution is 7.16. The van der Waals surface area contributed by atoms with Gasteiger partial charge in [-0.25, -0.2) is 0 Å². The number of aryl methyl sites for hydroxylation is 1. The number of amides is 2. The fraction of sp³-hybridized carbons (Fsp3) is 0.667. The van der Waals surface area contributed by atoms with Crippen LogP contribution in [-0.4, -0.2) is 67.0 Å². The summed E-state index contributed by atoms with van der Waals surface area (Å²) < 4.78 is 5.50. The fourth-order valence-electron chi connectivity index (χ4n) is 4.42. The fourth-order valence-corrected chi connectivity index (χ4v) is 5.68. The molecule has 156 valence electrons. The molecule has 29 heavy (non-hydrogen) atoms. The number of nitrogens with zero attached hydrogens (tertiary/aromatic N) is 3. The summed E-state index contributed by atoms with van der Waals surface area (Å²) >= 11 is 1.57. The molecule has 3 aliphatic rings. The van der Waals surface area contributed by atoms with E-state index >= 15 is 0 Å². The van der Waals surface area contributed by atoms with Crippen LogP contribution in [0.15, 0.2) is 0 Å². The number of fused-ring (bicyclic) bond motifs is 1. The molecule has 1 aromatic heterocycles. The van der Waals surface area contributed by atoms with Crippen molar-refractivity contribution >= 4 is 28.2 Å². The lowest BCUT2D eigenvalue weighted by molar-refractivity contribution is -0.142. The molecule has 0 saturated carbocycles. The second-order valence-electron chi connectivity index (χ2n) is 8.03. The van der Waals surface area contributed by atoms with Crippen molar-refractivity contribution in [1.82, 2.24) is 9.80 Å². The van der Waals surface area contributed by atoms with Crippen molar-refractivity contribution < 1.29 is 14.3 Å². The molecule has 0 spiro atoms. The van der Waals surface area contributed by atoms with Crippen LogP contribution in [0.1, 0.15) is 48.1 Å². The standard InChI is InChI=1S/C21H28N4O3S/c22-13-16-15-5-2-1-3-7-18(15)29-20(16)23-19(26)14-24-8-10-25(11-9-24)21(27)17-6-4-12-28-17/h17H,1-12,14H2,(H,23,26)/t17-/m0/s1. The highest BCUT2D eigenvalue weighted by Gasteiger charge is 2.30. The van der Waals surface area contributed by atoms with Gasteiger partial charge in [0.15, 0.2) is 0 Å². The molecule has 8 heteroatoms. The van der Waals surface area contributed by atoms with Crippen molar-refractivity contribution in [2.45, 2.75) is 51.0 Å². The van der Waals surface area contributed by atoms with Gasteiger partial charge in [0.25, 0.3) is 5.91 Å². The molecule has 0 bridgehead atoms. The van der Waals surface area contributed by atoms with E-state index in [4.69, 9.17) is 4.74 Å². The van der Waals surface area contributed by atoms with Gasteiger partial charge in [0.05, 0.1) is 12.1 Å². The summed E-state index contributed by atoms with van der Waals surface area (Å²) in [5.41, 5.74) is 1.80. The number of carbonyl (C=O) groups is 2. The molecule has 0 aromatic carbocycles. The second-order valence-corrected chi connectivity index (χ2v) is 9.14. The SMILES string of the molecule is N#Cc1c(NC(=O)CN2CCN(C(=O)[C@@H]3CCCO3)CC2)sc2c1CCCCC2. The monoisotopic (exact) mass is 416 g/mol. The number of hydrogen-bond donors (Lipinski definition) is 1. The zero-order valence-electron chi connectivity index (χ0n) is 16.7. The van der Waals surface area contributed by atoms with Crippen LogP contribution >= 0.6 is 11.3 Å². The molecule has 2 saturated heterocycles. The first kappa shape index (κ1) is 20.3. The van der Waals surface area contributed by atoms with Gasteiger partial charge >= 0.3 is 0 Å². The third-order valence-corrected chi connectivity index (χ3v) is 7.25. The average Bonchev–Trinajstić information content (AvgIpc) is 3.31. The minimum absolute atomic E-state index is 0.0863. The number of thiophene rings is 1. The Balaban J connectivity index is 1.30. The zero-order valence-corrected chi connectivity index (χ0v) is 17.6. The lowest BCUT2D eigenvalue weighted by Gasteiger charge is -2.35. The van der Waals surface area contributed by atoms with Crippen molar-refractivity contribution in [1.29, 1.82) is 5.26 Å². The minimum Gasteiger partial charge on any atom is -0.368 e. The van der Waals surface area contributed by atoms with E-state index in [0.29, 0.717) is 43.4 Å². The van der Waals surface area contributed by atoms with Gasteiger partial charge in [-0.05, 0) is 44.1 Å². The van der Waals surface area contributed by atoms with E-state index in [0.717, 1.165) is 44.1 Å². The van der Waals surface area contributed by atoms with Gasteiger partial charge in [-0.2, -0.15) is 5.26 Å². The molecule has 1 aromatic rings. The van der Waals surface area contributed by atoms with Gasteiger partial charge in [-0.15, -0.1) is 11.3 Å². The highest BCUT2D eigenvalue weighted by atomic mass is 32.1. The van der Waals surface area contributed by atoms with Crippen LogP contribution in [0.4, 0.5) is 5.00 Å². The Labute approximate surface area is 175 Å². The summed E-state index contributed by atoms with van der Waals surface area (Å²) in [5, 5.41) is 13.3. The Bertz CT molecular complexity index is 802. The molecule has 2 amide bonds. The molecule has 1 N–H and O–H groups in total. The maximum absolute atomic E-state index is 12.6. The number of carbonyl (C=O) groups excluding carboxylic acids is 2. The minimum atomic E-state index is -0.275. The van der Waals surface area contributed by atoms with E-state index in [1.165, 1.54) is 11.3 Å². The van der Waals surface area contributed by atoms with Crippen LogP contribution in [0.3, 0.4) is 0 Å². The highest BCUT2D eigenvalue weighted by Crippen LogP contribution is 2.36. The summed E-state index contributed by atoms with van der Waals surface area (Å²) in [5.74, 6) is 0.00200. The first-order valence-corrected chi connectivity index (χ1v) is 11.4. The van der Waals surface area contributed by atoms with Crippen LogP contribution in [0.2, 0.25) is 0 Å². The normalized spacial score (nSPS) is 22.6. The summed E-state index contributed by atoms with van der Waals surface area (Å²) in [7, 11) is 0. The molecule has 0 unspecified atom stereocenters. The van der Waals surface area contributed by atoms with Crippen molar-refractivity contribution in [3.8, 4) is 6.07 Å².